The highest BCUT2D eigenvalue weighted by molar-refractivity contribution is 5.92. The summed E-state index contributed by atoms with van der Waals surface area (Å²) in [4.78, 5) is 12.1. The molecular weight excluding hydrogens is 317 g/mol. The SMILES string of the molecule is Cc1ccc(F)c(NC(=O)COc2ccccc2-c2ccccc2)c1. The maximum absolute atomic E-state index is 13.7. The lowest BCUT2D eigenvalue weighted by molar-refractivity contribution is -0.118. The first kappa shape index (κ1) is 16.7. The molecule has 0 aliphatic rings. The Hall–Kier alpha value is -3.14. The summed E-state index contributed by atoms with van der Waals surface area (Å²) in [6.07, 6.45) is 0. The van der Waals surface area contributed by atoms with Crippen molar-refractivity contribution in [1.82, 2.24) is 0 Å². The molecule has 0 fully saturated rings. The molecule has 1 N–H and O–H groups in total. The molecule has 126 valence electrons. The number of carbonyl (C=O) groups is 1. The molecule has 0 unspecified atom stereocenters. The van der Waals surface area contributed by atoms with Gasteiger partial charge in [0, 0.05) is 5.56 Å². The van der Waals surface area contributed by atoms with Crippen LogP contribution in [0.4, 0.5) is 10.1 Å². The van der Waals surface area contributed by atoms with E-state index < -0.39 is 11.7 Å². The van der Waals surface area contributed by atoms with Crippen LogP contribution in [-0.2, 0) is 4.79 Å². The summed E-state index contributed by atoms with van der Waals surface area (Å²) in [5, 5.41) is 2.54. The quantitative estimate of drug-likeness (QED) is 0.726. The molecule has 0 atom stereocenters. The van der Waals surface area contributed by atoms with Crippen molar-refractivity contribution in [2.24, 2.45) is 0 Å². The Balaban J connectivity index is 1.70. The van der Waals surface area contributed by atoms with Crippen molar-refractivity contribution < 1.29 is 13.9 Å². The zero-order chi connectivity index (χ0) is 17.6. The van der Waals surface area contributed by atoms with Crippen LogP contribution in [0, 0.1) is 12.7 Å². The van der Waals surface area contributed by atoms with Gasteiger partial charge in [0.2, 0.25) is 0 Å². The number of anilines is 1. The van der Waals surface area contributed by atoms with E-state index in [0.29, 0.717) is 5.75 Å². The maximum Gasteiger partial charge on any atom is 0.262 e. The number of aryl methyl sites for hydroxylation is 1. The minimum absolute atomic E-state index is 0.157. The minimum atomic E-state index is -0.469. The van der Waals surface area contributed by atoms with Gasteiger partial charge in [0.25, 0.3) is 5.91 Å². The third-order valence-electron chi connectivity index (χ3n) is 3.73. The van der Waals surface area contributed by atoms with E-state index >= 15 is 0 Å². The molecule has 0 heterocycles. The lowest BCUT2D eigenvalue weighted by Gasteiger charge is -2.12. The van der Waals surface area contributed by atoms with E-state index in [-0.39, 0.29) is 12.3 Å². The molecule has 1 amide bonds. The Morgan fingerprint density at radius 2 is 1.72 bits per heavy atom. The van der Waals surface area contributed by atoms with E-state index in [1.807, 2.05) is 61.5 Å². The van der Waals surface area contributed by atoms with Gasteiger partial charge in [0.05, 0.1) is 5.69 Å². The summed E-state index contributed by atoms with van der Waals surface area (Å²) in [5.74, 6) is -0.274. The molecule has 0 saturated carbocycles. The highest BCUT2D eigenvalue weighted by Gasteiger charge is 2.10. The fraction of sp³-hybridized carbons (Fsp3) is 0.0952. The number of rotatable bonds is 5. The maximum atomic E-state index is 13.7. The minimum Gasteiger partial charge on any atom is -0.483 e. The second-order valence-corrected chi connectivity index (χ2v) is 5.68. The van der Waals surface area contributed by atoms with Gasteiger partial charge in [-0.2, -0.15) is 0 Å². The highest BCUT2D eigenvalue weighted by atomic mass is 19.1. The molecule has 25 heavy (non-hydrogen) atoms. The van der Waals surface area contributed by atoms with Crippen molar-refractivity contribution >= 4 is 11.6 Å². The van der Waals surface area contributed by atoms with Crippen LogP contribution < -0.4 is 10.1 Å². The third kappa shape index (κ3) is 4.23. The van der Waals surface area contributed by atoms with Crippen LogP contribution in [0.2, 0.25) is 0 Å². The van der Waals surface area contributed by atoms with Gasteiger partial charge in [0.15, 0.2) is 6.61 Å². The molecule has 0 saturated heterocycles. The normalized spacial score (nSPS) is 10.3. The number of hydrogen-bond acceptors (Lipinski definition) is 2. The third-order valence-corrected chi connectivity index (χ3v) is 3.73. The summed E-state index contributed by atoms with van der Waals surface area (Å²) in [6.45, 7) is 1.64. The molecule has 0 aliphatic carbocycles. The Kier molecular flexibility index (Phi) is 5.09. The van der Waals surface area contributed by atoms with Gasteiger partial charge < -0.3 is 10.1 Å². The topological polar surface area (TPSA) is 38.3 Å². The van der Waals surface area contributed by atoms with Crippen LogP contribution in [0.3, 0.4) is 0 Å². The Labute approximate surface area is 146 Å². The average Bonchev–Trinajstić information content (AvgIpc) is 2.64. The highest BCUT2D eigenvalue weighted by Crippen LogP contribution is 2.29. The standard InChI is InChI=1S/C21H18FNO2/c1-15-11-12-18(22)19(13-15)23-21(24)14-25-20-10-6-5-9-17(20)16-7-3-2-4-8-16/h2-13H,14H2,1H3,(H,23,24). The van der Waals surface area contributed by atoms with Crippen molar-refractivity contribution in [2.75, 3.05) is 11.9 Å². The molecule has 0 aliphatic heterocycles. The van der Waals surface area contributed by atoms with Gasteiger partial charge in [0.1, 0.15) is 11.6 Å². The Bertz CT molecular complexity index is 878. The van der Waals surface area contributed by atoms with E-state index in [1.165, 1.54) is 6.07 Å². The molecule has 0 aromatic heterocycles. The molecule has 3 aromatic carbocycles. The van der Waals surface area contributed by atoms with Crippen molar-refractivity contribution in [1.29, 1.82) is 0 Å². The van der Waals surface area contributed by atoms with E-state index in [1.54, 1.807) is 12.1 Å². The number of hydrogen-bond donors (Lipinski definition) is 1. The van der Waals surface area contributed by atoms with Gasteiger partial charge in [-0.1, -0.05) is 54.6 Å². The van der Waals surface area contributed by atoms with E-state index in [9.17, 15) is 9.18 Å². The largest absolute Gasteiger partial charge is 0.483 e. The lowest BCUT2D eigenvalue weighted by Crippen LogP contribution is -2.21. The number of benzene rings is 3. The first-order chi connectivity index (χ1) is 12.1. The number of nitrogens with one attached hydrogen (secondary N) is 1. The molecule has 4 heteroatoms. The van der Waals surface area contributed by atoms with Gasteiger partial charge in [-0.25, -0.2) is 4.39 Å². The molecule has 0 spiro atoms. The summed E-state index contributed by atoms with van der Waals surface area (Å²) < 4.78 is 19.4. The van der Waals surface area contributed by atoms with Gasteiger partial charge in [-0.15, -0.1) is 0 Å². The van der Waals surface area contributed by atoms with Crippen LogP contribution in [0.5, 0.6) is 5.75 Å². The van der Waals surface area contributed by atoms with Crippen LogP contribution in [0.1, 0.15) is 5.56 Å². The zero-order valence-corrected chi connectivity index (χ0v) is 13.8. The predicted molar refractivity (Wildman–Crippen MR) is 97.1 cm³/mol. The molecule has 0 radical (unpaired) electrons. The number of carbonyl (C=O) groups excluding carboxylic acids is 1. The molecule has 0 bridgehead atoms. The summed E-state index contributed by atoms with van der Waals surface area (Å²) >= 11 is 0. The molecule has 3 aromatic rings. The van der Waals surface area contributed by atoms with Crippen molar-refractivity contribution in [2.45, 2.75) is 6.92 Å². The van der Waals surface area contributed by atoms with Crippen LogP contribution in [0.15, 0.2) is 72.8 Å². The number of para-hydroxylation sites is 1. The molecular formula is C21H18FNO2. The smallest absolute Gasteiger partial charge is 0.262 e. The van der Waals surface area contributed by atoms with E-state index in [0.717, 1.165) is 16.7 Å². The van der Waals surface area contributed by atoms with Gasteiger partial charge in [-0.05, 0) is 36.2 Å². The first-order valence-electron chi connectivity index (χ1n) is 7.97. The second kappa shape index (κ2) is 7.62. The summed E-state index contributed by atoms with van der Waals surface area (Å²) in [7, 11) is 0. The zero-order valence-electron chi connectivity index (χ0n) is 13.8. The van der Waals surface area contributed by atoms with Crippen LogP contribution in [-0.4, -0.2) is 12.5 Å². The Morgan fingerprint density at radius 3 is 2.52 bits per heavy atom. The van der Waals surface area contributed by atoms with Gasteiger partial charge in [-0.3, -0.25) is 4.79 Å². The van der Waals surface area contributed by atoms with Gasteiger partial charge >= 0.3 is 0 Å². The Morgan fingerprint density at radius 1 is 1.00 bits per heavy atom. The van der Waals surface area contributed by atoms with Crippen molar-refractivity contribution in [3.63, 3.8) is 0 Å². The number of ether oxygens (including phenoxy) is 1. The lowest BCUT2D eigenvalue weighted by atomic mass is 10.1. The first-order valence-corrected chi connectivity index (χ1v) is 7.97. The van der Waals surface area contributed by atoms with Crippen LogP contribution >= 0.6 is 0 Å². The van der Waals surface area contributed by atoms with Crippen molar-refractivity contribution in [3.05, 3.63) is 84.2 Å². The van der Waals surface area contributed by atoms with E-state index in [2.05, 4.69) is 5.32 Å². The fourth-order valence-electron chi connectivity index (χ4n) is 2.51. The fourth-order valence-corrected chi connectivity index (χ4v) is 2.51. The van der Waals surface area contributed by atoms with E-state index in [4.69, 9.17) is 4.74 Å². The number of amides is 1. The summed E-state index contributed by atoms with van der Waals surface area (Å²) in [5.41, 5.74) is 2.93. The molecule has 3 nitrogen and oxygen atoms in total. The van der Waals surface area contributed by atoms with Crippen LogP contribution in [0.25, 0.3) is 11.1 Å². The number of halogens is 1. The monoisotopic (exact) mass is 335 g/mol. The predicted octanol–water partition coefficient (Wildman–Crippen LogP) is 4.82. The molecule has 3 rings (SSSR count). The average molecular weight is 335 g/mol. The van der Waals surface area contributed by atoms with Crippen molar-refractivity contribution in [3.8, 4) is 16.9 Å². The summed E-state index contributed by atoms with van der Waals surface area (Å²) in [6, 6.07) is 21.9. The second-order valence-electron chi connectivity index (χ2n) is 5.68.